The lowest BCUT2D eigenvalue weighted by atomic mass is 10.7. The van der Waals surface area contributed by atoms with Gasteiger partial charge in [-0.15, -0.1) is 5.10 Å². The van der Waals surface area contributed by atoms with E-state index in [0.717, 1.165) is 0 Å². The quantitative estimate of drug-likeness (QED) is 0.673. The number of aromatic nitrogens is 2. The van der Waals surface area contributed by atoms with Gasteiger partial charge in [0.2, 0.25) is 5.88 Å². The van der Waals surface area contributed by atoms with Crippen LogP contribution in [-0.2, 0) is 6.54 Å². The average Bonchev–Trinajstić information content (AvgIpc) is 2.34. The van der Waals surface area contributed by atoms with Crippen LogP contribution in [0.5, 0.6) is 5.88 Å². The summed E-state index contributed by atoms with van der Waals surface area (Å²) in [6.45, 7) is -0.290. The Morgan fingerprint density at radius 3 is 2.91 bits per heavy atom. The second-order valence-electron chi connectivity index (χ2n) is 1.89. The number of alkyl halides is 2. The van der Waals surface area contributed by atoms with Gasteiger partial charge in [0.15, 0.2) is 0 Å². The van der Waals surface area contributed by atoms with Crippen LogP contribution in [0.1, 0.15) is 6.92 Å². The predicted octanol–water partition coefficient (Wildman–Crippen LogP) is 1.50. The first-order chi connectivity index (χ1) is 5.22. The van der Waals surface area contributed by atoms with Gasteiger partial charge < -0.3 is 4.74 Å². The Morgan fingerprint density at radius 1 is 1.73 bits per heavy atom. The fourth-order valence-electron chi connectivity index (χ4n) is 0.673. The van der Waals surface area contributed by atoms with Gasteiger partial charge in [0.1, 0.15) is 0 Å². The molecule has 0 saturated heterocycles. The smallest absolute Gasteiger partial charge is 0.388 e. The normalized spacial score (nSPS) is 10.5. The van der Waals surface area contributed by atoms with Gasteiger partial charge >= 0.3 is 6.61 Å². The lowest BCUT2D eigenvalue weighted by Crippen LogP contribution is -2.03. The average molecular weight is 162 g/mol. The molecule has 0 spiro atoms. The molecule has 0 atom stereocenters. The molecule has 0 N–H and O–H groups in total. The number of aryl methyl sites for hydroxylation is 1. The number of hydrogen-bond acceptors (Lipinski definition) is 2. The van der Waals surface area contributed by atoms with E-state index in [9.17, 15) is 8.78 Å². The van der Waals surface area contributed by atoms with E-state index in [1.54, 1.807) is 6.20 Å². The van der Waals surface area contributed by atoms with Gasteiger partial charge in [-0.05, 0) is 6.92 Å². The molecule has 5 heteroatoms. The fourth-order valence-corrected chi connectivity index (χ4v) is 0.673. The lowest BCUT2D eigenvalue weighted by Gasteiger charge is -1.97. The SMILES string of the molecule is CCn1ccc(OC(F)F)n1. The third kappa shape index (κ3) is 2.18. The van der Waals surface area contributed by atoms with E-state index in [4.69, 9.17) is 0 Å². The van der Waals surface area contributed by atoms with E-state index in [-0.39, 0.29) is 5.88 Å². The van der Waals surface area contributed by atoms with Gasteiger partial charge in [-0.2, -0.15) is 8.78 Å². The van der Waals surface area contributed by atoms with Crippen molar-refractivity contribution < 1.29 is 13.5 Å². The first-order valence-electron chi connectivity index (χ1n) is 3.20. The van der Waals surface area contributed by atoms with Gasteiger partial charge in [0, 0.05) is 18.8 Å². The molecule has 1 aromatic heterocycles. The minimum Gasteiger partial charge on any atom is -0.415 e. The Morgan fingerprint density at radius 2 is 2.45 bits per heavy atom. The maximum absolute atomic E-state index is 11.6. The number of ether oxygens (including phenoxy) is 1. The largest absolute Gasteiger partial charge is 0.415 e. The second-order valence-corrected chi connectivity index (χ2v) is 1.89. The fraction of sp³-hybridized carbons (Fsp3) is 0.500. The zero-order chi connectivity index (χ0) is 8.27. The highest BCUT2D eigenvalue weighted by Gasteiger charge is 2.05. The van der Waals surface area contributed by atoms with Crippen LogP contribution in [0.2, 0.25) is 0 Å². The maximum atomic E-state index is 11.6. The Hall–Kier alpha value is -1.13. The van der Waals surface area contributed by atoms with E-state index < -0.39 is 6.61 Å². The number of rotatable bonds is 3. The molecule has 0 amide bonds. The summed E-state index contributed by atoms with van der Waals surface area (Å²) in [4.78, 5) is 0. The molecule has 0 aromatic carbocycles. The Balaban J connectivity index is 2.58. The number of halogens is 2. The molecule has 0 saturated carbocycles. The standard InChI is InChI=1S/C6H8F2N2O/c1-2-10-4-3-5(9-10)11-6(7)8/h3-4,6H,2H2,1H3. The van der Waals surface area contributed by atoms with Crippen LogP contribution in [0.3, 0.4) is 0 Å². The minimum absolute atomic E-state index is 0.0400. The zero-order valence-corrected chi connectivity index (χ0v) is 6.00. The van der Waals surface area contributed by atoms with Crippen LogP contribution in [0.4, 0.5) is 8.78 Å². The van der Waals surface area contributed by atoms with Crippen LogP contribution in [0.15, 0.2) is 12.3 Å². The lowest BCUT2D eigenvalue weighted by molar-refractivity contribution is -0.0532. The van der Waals surface area contributed by atoms with Crippen LogP contribution in [0.25, 0.3) is 0 Å². The van der Waals surface area contributed by atoms with Crippen molar-refractivity contribution in [2.45, 2.75) is 20.1 Å². The summed E-state index contributed by atoms with van der Waals surface area (Å²) in [7, 11) is 0. The highest BCUT2D eigenvalue weighted by molar-refractivity contribution is 5.05. The van der Waals surface area contributed by atoms with Crippen molar-refractivity contribution in [1.29, 1.82) is 0 Å². The van der Waals surface area contributed by atoms with Crippen LogP contribution in [-0.4, -0.2) is 16.4 Å². The first kappa shape index (κ1) is 7.97. The molecule has 62 valence electrons. The molecule has 0 aliphatic heterocycles. The maximum Gasteiger partial charge on any atom is 0.388 e. The van der Waals surface area contributed by atoms with Crippen molar-refractivity contribution in [3.8, 4) is 5.88 Å². The zero-order valence-electron chi connectivity index (χ0n) is 6.00. The molecule has 1 heterocycles. The summed E-state index contributed by atoms with van der Waals surface area (Å²) in [5.74, 6) is -0.0400. The van der Waals surface area contributed by atoms with Gasteiger partial charge in [0.25, 0.3) is 0 Å². The second kappa shape index (κ2) is 3.32. The van der Waals surface area contributed by atoms with Gasteiger partial charge in [-0.3, -0.25) is 4.68 Å². The molecule has 1 rings (SSSR count). The third-order valence-electron chi connectivity index (χ3n) is 1.15. The van der Waals surface area contributed by atoms with Crippen LogP contribution in [0, 0.1) is 0 Å². The molecule has 0 aliphatic rings. The van der Waals surface area contributed by atoms with Crippen LogP contribution >= 0.6 is 0 Å². The molecule has 0 aliphatic carbocycles. The minimum atomic E-state index is -2.80. The van der Waals surface area contributed by atoms with Crippen molar-refractivity contribution in [1.82, 2.24) is 9.78 Å². The molecule has 3 nitrogen and oxygen atoms in total. The van der Waals surface area contributed by atoms with Crippen molar-refractivity contribution in [3.63, 3.8) is 0 Å². The summed E-state index contributed by atoms with van der Waals surface area (Å²) in [6, 6.07) is 1.40. The molecule has 0 fully saturated rings. The van der Waals surface area contributed by atoms with E-state index in [1.165, 1.54) is 10.7 Å². The first-order valence-corrected chi connectivity index (χ1v) is 3.20. The molecule has 0 unspecified atom stereocenters. The molecule has 11 heavy (non-hydrogen) atoms. The highest BCUT2D eigenvalue weighted by atomic mass is 19.3. The van der Waals surface area contributed by atoms with Crippen molar-refractivity contribution in [3.05, 3.63) is 12.3 Å². The van der Waals surface area contributed by atoms with E-state index in [1.807, 2.05) is 6.92 Å². The Bertz CT molecular complexity index is 224. The summed E-state index contributed by atoms with van der Waals surface area (Å²) in [6.07, 6.45) is 1.58. The van der Waals surface area contributed by atoms with Gasteiger partial charge in [0.05, 0.1) is 0 Å². The van der Waals surface area contributed by atoms with E-state index in [2.05, 4.69) is 9.84 Å². The third-order valence-corrected chi connectivity index (χ3v) is 1.15. The summed E-state index contributed by atoms with van der Waals surface area (Å²) >= 11 is 0. The Kier molecular flexibility index (Phi) is 2.40. The van der Waals surface area contributed by atoms with E-state index >= 15 is 0 Å². The molecule has 1 aromatic rings. The molecular weight excluding hydrogens is 154 g/mol. The Labute approximate surface area is 62.6 Å². The van der Waals surface area contributed by atoms with Crippen molar-refractivity contribution >= 4 is 0 Å². The summed E-state index contributed by atoms with van der Waals surface area (Å²) in [5, 5.41) is 3.68. The van der Waals surface area contributed by atoms with Crippen molar-refractivity contribution in [2.75, 3.05) is 0 Å². The molecule has 0 bridgehead atoms. The van der Waals surface area contributed by atoms with E-state index in [0.29, 0.717) is 6.54 Å². The molecular formula is C6H8F2N2O. The van der Waals surface area contributed by atoms with Gasteiger partial charge in [-0.25, -0.2) is 0 Å². The van der Waals surface area contributed by atoms with Crippen LogP contribution < -0.4 is 4.74 Å². The summed E-state index contributed by atoms with van der Waals surface area (Å²) < 4.78 is 28.7. The molecule has 0 radical (unpaired) electrons. The number of nitrogens with zero attached hydrogens (tertiary/aromatic N) is 2. The monoisotopic (exact) mass is 162 g/mol. The predicted molar refractivity (Wildman–Crippen MR) is 34.5 cm³/mol. The van der Waals surface area contributed by atoms with Gasteiger partial charge in [-0.1, -0.05) is 0 Å². The number of hydrogen-bond donors (Lipinski definition) is 0. The van der Waals surface area contributed by atoms with Crippen molar-refractivity contribution in [2.24, 2.45) is 0 Å². The highest BCUT2D eigenvalue weighted by Crippen LogP contribution is 2.08. The summed E-state index contributed by atoms with van der Waals surface area (Å²) in [5.41, 5.74) is 0. The topological polar surface area (TPSA) is 27.1 Å².